The smallest absolute Gasteiger partial charge is 0.338 e. The zero-order valence-electron chi connectivity index (χ0n) is 12.8. The highest BCUT2D eigenvalue weighted by Crippen LogP contribution is 2.25. The highest BCUT2D eigenvalue weighted by atomic mass is 16.6. The second-order valence-electron chi connectivity index (χ2n) is 4.35. The molecule has 1 aliphatic heterocycles. The quantitative estimate of drug-likeness (QED) is 0.594. The molecule has 1 heterocycles. The topological polar surface area (TPSA) is 63.2 Å². The van der Waals surface area contributed by atoms with E-state index in [9.17, 15) is 4.79 Å². The van der Waals surface area contributed by atoms with Crippen LogP contribution in [0.4, 0.5) is 0 Å². The van der Waals surface area contributed by atoms with Gasteiger partial charge < -0.3 is 23.7 Å². The summed E-state index contributed by atoms with van der Waals surface area (Å²) in [5, 5.41) is 0. The molecule has 0 radical (unpaired) electrons. The molecule has 20 heavy (non-hydrogen) atoms. The first-order chi connectivity index (χ1) is 9.69. The van der Waals surface area contributed by atoms with Crippen LogP contribution in [0, 0.1) is 0 Å². The maximum Gasteiger partial charge on any atom is 0.338 e. The van der Waals surface area contributed by atoms with Gasteiger partial charge in [-0.15, -0.1) is 0 Å². The Bertz CT molecular complexity index is 283. The molecule has 0 aromatic heterocycles. The second kappa shape index (κ2) is 9.28. The van der Waals surface area contributed by atoms with Gasteiger partial charge in [-0.25, -0.2) is 4.79 Å². The number of cyclic esters (lactones) is 1. The summed E-state index contributed by atoms with van der Waals surface area (Å²) in [4.78, 5) is 12.1. The number of carbonyl (C=O) groups excluding carboxylic acids is 1. The Morgan fingerprint density at radius 2 is 1.50 bits per heavy atom. The summed E-state index contributed by atoms with van der Waals surface area (Å²) in [7, 11) is 0. The van der Waals surface area contributed by atoms with Gasteiger partial charge in [-0.2, -0.15) is 0 Å². The van der Waals surface area contributed by atoms with E-state index in [1.54, 1.807) is 0 Å². The first kappa shape index (κ1) is 17.4. The Labute approximate surface area is 120 Å². The van der Waals surface area contributed by atoms with Crippen molar-refractivity contribution < 1.29 is 28.5 Å². The van der Waals surface area contributed by atoms with E-state index in [0.717, 1.165) is 0 Å². The fourth-order valence-corrected chi connectivity index (χ4v) is 2.28. The second-order valence-corrected chi connectivity index (χ2v) is 4.35. The van der Waals surface area contributed by atoms with Crippen molar-refractivity contribution in [1.29, 1.82) is 0 Å². The molecule has 0 aliphatic carbocycles. The lowest BCUT2D eigenvalue weighted by Gasteiger charge is -2.40. The lowest BCUT2D eigenvalue weighted by Crippen LogP contribution is -2.59. The van der Waals surface area contributed by atoms with Crippen LogP contribution in [0.15, 0.2) is 0 Å². The third kappa shape index (κ3) is 4.41. The van der Waals surface area contributed by atoms with Crippen LogP contribution in [-0.2, 0) is 28.5 Å². The van der Waals surface area contributed by atoms with E-state index in [4.69, 9.17) is 23.7 Å². The van der Waals surface area contributed by atoms with Crippen LogP contribution < -0.4 is 0 Å². The van der Waals surface area contributed by atoms with Crippen molar-refractivity contribution in [2.24, 2.45) is 0 Å². The third-order valence-corrected chi connectivity index (χ3v) is 3.04. The first-order valence-corrected chi connectivity index (χ1v) is 7.32. The minimum atomic E-state index is -0.741. The number of hydrogen-bond acceptors (Lipinski definition) is 6. The average molecular weight is 290 g/mol. The fraction of sp³-hybridized carbons (Fsp3) is 0.929. The van der Waals surface area contributed by atoms with Crippen molar-refractivity contribution in [2.45, 2.75) is 52.1 Å². The van der Waals surface area contributed by atoms with Crippen LogP contribution in [0.25, 0.3) is 0 Å². The molecule has 1 rings (SSSR count). The van der Waals surface area contributed by atoms with E-state index in [1.807, 2.05) is 27.7 Å². The van der Waals surface area contributed by atoms with Crippen molar-refractivity contribution in [2.75, 3.05) is 33.0 Å². The molecule has 0 unspecified atom stereocenters. The van der Waals surface area contributed by atoms with Gasteiger partial charge in [0.25, 0.3) is 0 Å². The van der Waals surface area contributed by atoms with Crippen LogP contribution >= 0.6 is 0 Å². The van der Waals surface area contributed by atoms with Gasteiger partial charge in [0.1, 0.15) is 12.2 Å². The minimum Gasteiger partial charge on any atom is -0.455 e. The van der Waals surface area contributed by atoms with Crippen molar-refractivity contribution in [3.8, 4) is 0 Å². The minimum absolute atomic E-state index is 0.301. The Morgan fingerprint density at radius 3 is 2.05 bits per heavy atom. The van der Waals surface area contributed by atoms with E-state index in [2.05, 4.69) is 0 Å². The molecule has 0 spiro atoms. The summed E-state index contributed by atoms with van der Waals surface area (Å²) in [6.45, 7) is 9.76. The van der Waals surface area contributed by atoms with E-state index in [1.165, 1.54) is 0 Å². The lowest BCUT2D eigenvalue weighted by molar-refractivity contribution is -0.231. The summed E-state index contributed by atoms with van der Waals surface area (Å²) < 4.78 is 27.6. The zero-order valence-corrected chi connectivity index (χ0v) is 12.8. The molecule has 1 fully saturated rings. The predicted molar refractivity (Wildman–Crippen MR) is 72.6 cm³/mol. The largest absolute Gasteiger partial charge is 0.455 e. The van der Waals surface area contributed by atoms with Crippen LogP contribution in [0.1, 0.15) is 27.7 Å². The maximum atomic E-state index is 12.1. The molecule has 0 bridgehead atoms. The number of hydrogen-bond donors (Lipinski definition) is 0. The highest BCUT2D eigenvalue weighted by molar-refractivity contribution is 5.77. The third-order valence-electron chi connectivity index (χ3n) is 3.04. The molecular weight excluding hydrogens is 264 g/mol. The van der Waals surface area contributed by atoms with Gasteiger partial charge in [-0.05, 0) is 27.7 Å². The fourth-order valence-electron chi connectivity index (χ4n) is 2.28. The van der Waals surface area contributed by atoms with Crippen molar-refractivity contribution in [3.05, 3.63) is 0 Å². The molecule has 0 aromatic rings. The van der Waals surface area contributed by atoms with Gasteiger partial charge in [0, 0.05) is 26.4 Å². The molecule has 0 saturated carbocycles. The normalized spacial score (nSPS) is 30.3. The van der Waals surface area contributed by atoms with Gasteiger partial charge >= 0.3 is 5.97 Å². The van der Waals surface area contributed by atoms with Crippen molar-refractivity contribution in [3.63, 3.8) is 0 Å². The molecule has 1 saturated heterocycles. The number of carbonyl (C=O) groups is 1. The monoisotopic (exact) mass is 290 g/mol. The molecule has 6 heteroatoms. The van der Waals surface area contributed by atoms with Gasteiger partial charge in [-0.3, -0.25) is 0 Å². The predicted octanol–water partition coefficient (Wildman–Crippen LogP) is 1.16. The molecular formula is C14H26O6. The Morgan fingerprint density at radius 1 is 0.900 bits per heavy atom. The Balaban J connectivity index is 2.86. The number of rotatable bonds is 9. The van der Waals surface area contributed by atoms with E-state index < -0.39 is 24.3 Å². The molecule has 0 amide bonds. The van der Waals surface area contributed by atoms with Crippen LogP contribution in [0.2, 0.25) is 0 Å². The molecule has 0 N–H and O–H groups in total. The maximum absolute atomic E-state index is 12.1. The van der Waals surface area contributed by atoms with Gasteiger partial charge in [0.2, 0.25) is 0 Å². The number of esters is 1. The zero-order chi connectivity index (χ0) is 15.0. The standard InChI is InChI=1S/C14H26O6/c1-5-16-9-10-11(17-6-2)12(18-7-3)13(19-8-4)14(15)20-10/h10-13H,5-9H2,1-4H3/t10-,11+,12+,13-/m1/s1. The van der Waals surface area contributed by atoms with Crippen molar-refractivity contribution >= 4 is 5.97 Å². The Kier molecular flexibility index (Phi) is 8.06. The molecule has 4 atom stereocenters. The summed E-state index contributed by atoms with van der Waals surface area (Å²) in [6, 6.07) is 0. The number of ether oxygens (including phenoxy) is 5. The highest BCUT2D eigenvalue weighted by Gasteiger charge is 2.48. The first-order valence-electron chi connectivity index (χ1n) is 7.32. The summed E-state index contributed by atoms with van der Waals surface area (Å²) in [5.41, 5.74) is 0. The summed E-state index contributed by atoms with van der Waals surface area (Å²) >= 11 is 0. The van der Waals surface area contributed by atoms with Crippen LogP contribution in [-0.4, -0.2) is 63.4 Å². The van der Waals surface area contributed by atoms with E-state index in [-0.39, 0.29) is 6.10 Å². The Hall–Kier alpha value is -0.690. The van der Waals surface area contributed by atoms with Crippen LogP contribution in [0.3, 0.4) is 0 Å². The molecule has 1 aliphatic rings. The summed E-state index contributed by atoms with van der Waals surface area (Å²) in [5.74, 6) is -0.411. The van der Waals surface area contributed by atoms with Crippen LogP contribution in [0.5, 0.6) is 0 Å². The summed E-state index contributed by atoms with van der Waals surface area (Å²) in [6.07, 6.45) is -2.04. The van der Waals surface area contributed by atoms with Crippen molar-refractivity contribution in [1.82, 2.24) is 0 Å². The average Bonchev–Trinajstić information content (AvgIpc) is 2.44. The molecule has 6 nitrogen and oxygen atoms in total. The lowest BCUT2D eigenvalue weighted by atomic mass is 9.99. The van der Waals surface area contributed by atoms with Gasteiger partial charge in [-0.1, -0.05) is 0 Å². The van der Waals surface area contributed by atoms with Gasteiger partial charge in [0.05, 0.1) is 6.61 Å². The molecule has 0 aromatic carbocycles. The SMILES string of the molecule is CCOC[C@H]1OC(=O)[C@H](OCC)[C@@H](OCC)[C@H]1OCC. The van der Waals surface area contributed by atoms with E-state index in [0.29, 0.717) is 33.0 Å². The van der Waals surface area contributed by atoms with E-state index >= 15 is 0 Å². The van der Waals surface area contributed by atoms with Gasteiger partial charge in [0.15, 0.2) is 12.2 Å². The molecule has 118 valence electrons.